The first-order valence-electron chi connectivity index (χ1n) is 10.3. The lowest BCUT2D eigenvalue weighted by Gasteiger charge is -2.28. The first kappa shape index (κ1) is 20.9. The van der Waals surface area contributed by atoms with Crippen LogP contribution in [-0.4, -0.2) is 12.8 Å². The largest absolute Gasteiger partial charge is 0.481 e. The van der Waals surface area contributed by atoms with Crippen molar-refractivity contribution in [2.75, 3.05) is 6.61 Å². The SMILES string of the molecule is CCCC1CCC(CCc2ccc3c(F)c(OCC(F)(F)F)ccc3c2)CC1. The Balaban J connectivity index is 1.60. The maximum Gasteiger partial charge on any atom is 0.422 e. The first-order chi connectivity index (χ1) is 13.4. The topological polar surface area (TPSA) is 9.23 Å². The van der Waals surface area contributed by atoms with Gasteiger partial charge in [-0.2, -0.15) is 13.2 Å². The van der Waals surface area contributed by atoms with E-state index in [0.717, 1.165) is 30.2 Å². The van der Waals surface area contributed by atoms with Crippen LogP contribution < -0.4 is 4.74 Å². The van der Waals surface area contributed by atoms with E-state index in [1.54, 1.807) is 12.1 Å². The highest BCUT2D eigenvalue weighted by Gasteiger charge is 2.29. The maximum atomic E-state index is 14.5. The second-order valence-electron chi connectivity index (χ2n) is 8.05. The third-order valence-corrected chi connectivity index (χ3v) is 5.88. The van der Waals surface area contributed by atoms with Gasteiger partial charge in [-0.05, 0) is 41.7 Å². The molecule has 0 atom stereocenters. The van der Waals surface area contributed by atoms with Crippen molar-refractivity contribution in [3.8, 4) is 5.75 Å². The maximum absolute atomic E-state index is 14.5. The van der Waals surface area contributed by atoms with Crippen molar-refractivity contribution in [1.29, 1.82) is 0 Å². The Kier molecular flexibility index (Phi) is 6.84. The molecule has 0 amide bonds. The fraction of sp³-hybridized carbons (Fsp3) is 0.565. The number of alkyl halides is 3. The van der Waals surface area contributed by atoms with Crippen LogP contribution in [0, 0.1) is 17.7 Å². The van der Waals surface area contributed by atoms with Gasteiger partial charge in [-0.15, -0.1) is 0 Å². The first-order valence-corrected chi connectivity index (χ1v) is 10.3. The molecule has 0 bridgehead atoms. The molecule has 0 radical (unpaired) electrons. The van der Waals surface area contributed by atoms with E-state index in [-0.39, 0.29) is 5.75 Å². The predicted molar refractivity (Wildman–Crippen MR) is 104 cm³/mol. The molecule has 0 aromatic heterocycles. The van der Waals surface area contributed by atoms with Gasteiger partial charge in [0, 0.05) is 5.39 Å². The number of hydrogen-bond donors (Lipinski definition) is 0. The summed E-state index contributed by atoms with van der Waals surface area (Å²) in [5, 5.41) is 0.990. The van der Waals surface area contributed by atoms with Gasteiger partial charge in [0.1, 0.15) is 0 Å². The van der Waals surface area contributed by atoms with Gasteiger partial charge in [0.15, 0.2) is 18.2 Å². The van der Waals surface area contributed by atoms with E-state index in [9.17, 15) is 17.6 Å². The standard InChI is InChI=1S/C23H28F4O/c1-2-3-16-4-6-17(7-5-16)8-9-18-10-12-20-19(14-18)11-13-21(22(20)24)28-15-23(25,26)27/h10-14,16-17H,2-9,15H2,1H3. The van der Waals surface area contributed by atoms with Crippen LogP contribution in [-0.2, 0) is 6.42 Å². The van der Waals surface area contributed by atoms with Gasteiger partial charge in [-0.3, -0.25) is 0 Å². The van der Waals surface area contributed by atoms with Crippen LogP contribution in [0.3, 0.4) is 0 Å². The molecule has 5 heteroatoms. The summed E-state index contributed by atoms with van der Waals surface area (Å²) in [4.78, 5) is 0. The van der Waals surface area contributed by atoms with E-state index < -0.39 is 18.6 Å². The van der Waals surface area contributed by atoms with Crippen LogP contribution >= 0.6 is 0 Å². The summed E-state index contributed by atoms with van der Waals surface area (Å²) in [6, 6.07) is 8.38. The quantitative estimate of drug-likeness (QED) is 0.441. The highest BCUT2D eigenvalue weighted by molar-refractivity contribution is 5.85. The van der Waals surface area contributed by atoms with Crippen LogP contribution in [0.1, 0.15) is 57.4 Å². The molecule has 1 fully saturated rings. The molecular weight excluding hydrogens is 368 g/mol. The number of benzene rings is 2. The Bertz CT molecular complexity index is 776. The summed E-state index contributed by atoms with van der Waals surface area (Å²) in [5.41, 5.74) is 1.14. The zero-order valence-electron chi connectivity index (χ0n) is 16.3. The molecule has 0 saturated heterocycles. The summed E-state index contributed by atoms with van der Waals surface area (Å²) in [6.45, 7) is 0.758. The predicted octanol–water partition coefficient (Wildman–Crippen LogP) is 7.46. The molecule has 0 aliphatic heterocycles. The fourth-order valence-corrected chi connectivity index (χ4v) is 4.34. The lowest BCUT2D eigenvalue weighted by Crippen LogP contribution is -2.19. The minimum Gasteiger partial charge on any atom is -0.481 e. The van der Waals surface area contributed by atoms with Gasteiger partial charge in [0.25, 0.3) is 0 Å². The lowest BCUT2D eigenvalue weighted by atomic mass is 9.78. The second-order valence-corrected chi connectivity index (χ2v) is 8.05. The van der Waals surface area contributed by atoms with Gasteiger partial charge < -0.3 is 4.74 Å². The third kappa shape index (κ3) is 5.62. The summed E-state index contributed by atoms with van der Waals surface area (Å²) in [7, 11) is 0. The van der Waals surface area contributed by atoms with E-state index in [1.165, 1.54) is 44.6 Å². The molecule has 0 heterocycles. The van der Waals surface area contributed by atoms with E-state index in [1.807, 2.05) is 12.1 Å². The second kappa shape index (κ2) is 9.15. The van der Waals surface area contributed by atoms with Gasteiger partial charge >= 0.3 is 6.18 Å². The van der Waals surface area contributed by atoms with Gasteiger partial charge in [-0.25, -0.2) is 4.39 Å². The number of ether oxygens (including phenoxy) is 1. The van der Waals surface area contributed by atoms with Crippen molar-refractivity contribution in [3.05, 3.63) is 41.7 Å². The van der Waals surface area contributed by atoms with Crippen LogP contribution in [0.25, 0.3) is 10.8 Å². The summed E-state index contributed by atoms with van der Waals surface area (Å²) in [6.07, 6.45) is 5.49. The Morgan fingerprint density at radius 1 is 0.964 bits per heavy atom. The Morgan fingerprint density at radius 3 is 2.29 bits per heavy atom. The van der Waals surface area contributed by atoms with Crippen molar-refractivity contribution in [3.63, 3.8) is 0 Å². The smallest absolute Gasteiger partial charge is 0.422 e. The van der Waals surface area contributed by atoms with E-state index in [0.29, 0.717) is 10.8 Å². The van der Waals surface area contributed by atoms with Gasteiger partial charge in [0.2, 0.25) is 0 Å². The zero-order valence-corrected chi connectivity index (χ0v) is 16.3. The number of rotatable bonds is 7. The monoisotopic (exact) mass is 396 g/mol. The average molecular weight is 396 g/mol. The molecule has 1 aliphatic rings. The number of aryl methyl sites for hydroxylation is 1. The number of hydrogen-bond acceptors (Lipinski definition) is 1. The van der Waals surface area contributed by atoms with Crippen LogP contribution in [0.5, 0.6) is 5.75 Å². The van der Waals surface area contributed by atoms with Gasteiger partial charge in [-0.1, -0.05) is 69.7 Å². The molecule has 1 aliphatic carbocycles. The Labute approximate surface area is 164 Å². The molecular formula is C23H28F4O. The summed E-state index contributed by atoms with van der Waals surface area (Å²) >= 11 is 0. The van der Waals surface area contributed by atoms with Crippen molar-refractivity contribution in [2.24, 2.45) is 11.8 Å². The third-order valence-electron chi connectivity index (χ3n) is 5.88. The molecule has 0 unspecified atom stereocenters. The van der Waals surface area contributed by atoms with Gasteiger partial charge in [0.05, 0.1) is 0 Å². The van der Waals surface area contributed by atoms with Crippen LogP contribution in [0.4, 0.5) is 17.6 Å². The van der Waals surface area contributed by atoms with Crippen molar-refractivity contribution in [2.45, 2.75) is 64.5 Å². The van der Waals surface area contributed by atoms with Crippen LogP contribution in [0.15, 0.2) is 30.3 Å². The molecule has 3 rings (SSSR count). The highest BCUT2D eigenvalue weighted by Crippen LogP contribution is 2.34. The molecule has 28 heavy (non-hydrogen) atoms. The van der Waals surface area contributed by atoms with E-state index in [2.05, 4.69) is 11.7 Å². The Hall–Kier alpha value is -1.78. The molecule has 2 aromatic carbocycles. The molecule has 1 nitrogen and oxygen atoms in total. The summed E-state index contributed by atoms with van der Waals surface area (Å²) < 4.78 is 55.9. The zero-order chi connectivity index (χ0) is 20.1. The van der Waals surface area contributed by atoms with Crippen LogP contribution in [0.2, 0.25) is 0 Å². The molecule has 1 saturated carbocycles. The number of fused-ring (bicyclic) bond motifs is 1. The Morgan fingerprint density at radius 2 is 1.64 bits per heavy atom. The lowest BCUT2D eigenvalue weighted by molar-refractivity contribution is -0.153. The number of halogens is 4. The molecule has 0 N–H and O–H groups in total. The van der Waals surface area contributed by atoms with Crippen molar-refractivity contribution >= 4 is 10.8 Å². The fourth-order valence-electron chi connectivity index (χ4n) is 4.34. The normalized spacial score (nSPS) is 20.5. The average Bonchev–Trinajstić information content (AvgIpc) is 2.66. The minimum atomic E-state index is -4.49. The van der Waals surface area contributed by atoms with Crippen molar-refractivity contribution in [1.82, 2.24) is 0 Å². The van der Waals surface area contributed by atoms with Crippen molar-refractivity contribution < 1.29 is 22.3 Å². The van der Waals surface area contributed by atoms with E-state index >= 15 is 0 Å². The van der Waals surface area contributed by atoms with E-state index in [4.69, 9.17) is 0 Å². The molecule has 2 aromatic rings. The molecule has 154 valence electrons. The highest BCUT2D eigenvalue weighted by atomic mass is 19.4. The minimum absolute atomic E-state index is 0.295. The molecule has 0 spiro atoms. The summed E-state index contributed by atoms with van der Waals surface area (Å²) in [5.74, 6) is 0.571.